The van der Waals surface area contributed by atoms with Crippen LogP contribution < -0.4 is 10.6 Å². The molecule has 2 N–H and O–H groups in total. The summed E-state index contributed by atoms with van der Waals surface area (Å²) in [7, 11) is 0. The number of nitrogens with one attached hydrogen (secondary N) is 2. The first-order valence-corrected chi connectivity index (χ1v) is 9.15. The van der Waals surface area contributed by atoms with Gasteiger partial charge in [-0.15, -0.1) is 0 Å². The fourth-order valence-electron chi connectivity index (χ4n) is 3.90. The first kappa shape index (κ1) is 17.2. The summed E-state index contributed by atoms with van der Waals surface area (Å²) in [6, 6.07) is 13.4. The number of anilines is 1. The van der Waals surface area contributed by atoms with Gasteiger partial charge in [-0.1, -0.05) is 30.3 Å². The third kappa shape index (κ3) is 3.28. The van der Waals surface area contributed by atoms with Gasteiger partial charge >= 0.3 is 0 Å². The molecule has 1 atom stereocenters. The van der Waals surface area contributed by atoms with Crippen LogP contribution in [0.5, 0.6) is 0 Å². The molecule has 0 spiro atoms. The normalized spacial score (nSPS) is 19.4. The van der Waals surface area contributed by atoms with Crippen molar-refractivity contribution in [3.8, 4) is 0 Å². The minimum absolute atomic E-state index is 0.122. The Morgan fingerprint density at radius 2 is 1.96 bits per heavy atom. The highest BCUT2D eigenvalue weighted by atomic mass is 16.2. The monoisotopic (exact) mass is 359 g/mol. The van der Waals surface area contributed by atoms with Crippen LogP contribution >= 0.6 is 0 Å². The Hall–Kier alpha value is -3.21. The number of carbonyl (C=O) groups excluding carboxylic acids is 2. The lowest BCUT2D eigenvalue weighted by atomic mass is 9.75. The quantitative estimate of drug-likeness (QED) is 0.877. The van der Waals surface area contributed by atoms with Crippen molar-refractivity contribution in [3.05, 3.63) is 83.0 Å². The average Bonchev–Trinajstić information content (AvgIpc) is 2.68. The second-order valence-electron chi connectivity index (χ2n) is 6.87. The molecule has 1 aliphatic carbocycles. The van der Waals surface area contributed by atoms with Crippen LogP contribution in [0.25, 0.3) is 0 Å². The van der Waals surface area contributed by atoms with Gasteiger partial charge in [-0.3, -0.25) is 14.6 Å². The summed E-state index contributed by atoms with van der Waals surface area (Å²) in [5.41, 5.74) is 4.64. The number of amides is 1. The molecule has 1 amide bonds. The van der Waals surface area contributed by atoms with Crippen LogP contribution in [-0.4, -0.2) is 16.7 Å². The number of pyridine rings is 1. The van der Waals surface area contributed by atoms with Gasteiger partial charge in [0, 0.05) is 41.1 Å². The number of nitrogens with zero attached hydrogens (tertiary/aromatic N) is 1. The SMILES string of the molecule is CC1=C(C(=O)Nc2cccnc2)[C@@H](c2ccccc2)C2=C(CCCC2=O)N1. The van der Waals surface area contributed by atoms with Crippen LogP contribution in [0.15, 0.2) is 77.4 Å². The van der Waals surface area contributed by atoms with Crippen molar-refractivity contribution in [2.24, 2.45) is 0 Å². The third-order valence-corrected chi connectivity index (χ3v) is 5.07. The zero-order chi connectivity index (χ0) is 18.8. The number of hydrogen-bond acceptors (Lipinski definition) is 4. The van der Waals surface area contributed by atoms with Gasteiger partial charge in [0.1, 0.15) is 0 Å². The molecule has 1 aromatic heterocycles. The number of ketones is 1. The summed E-state index contributed by atoms with van der Waals surface area (Å²) in [4.78, 5) is 30.0. The number of aromatic nitrogens is 1. The summed E-state index contributed by atoms with van der Waals surface area (Å²) in [6.45, 7) is 1.90. The zero-order valence-corrected chi connectivity index (χ0v) is 15.2. The Balaban J connectivity index is 1.78. The standard InChI is InChI=1S/C22H21N3O2/c1-14-19(22(27)25-16-9-6-12-23-13-16)20(15-7-3-2-4-8-15)21-17(24-14)10-5-11-18(21)26/h2-4,6-9,12-13,20,24H,5,10-11H2,1H3,(H,25,27)/t20-/m1/s1. The van der Waals surface area contributed by atoms with Crippen LogP contribution in [0.3, 0.4) is 0 Å². The van der Waals surface area contributed by atoms with Crippen molar-refractivity contribution in [2.75, 3.05) is 5.32 Å². The summed E-state index contributed by atoms with van der Waals surface area (Å²) >= 11 is 0. The minimum Gasteiger partial charge on any atom is -0.362 e. The first-order valence-electron chi connectivity index (χ1n) is 9.15. The maximum absolute atomic E-state index is 13.2. The fourth-order valence-corrected chi connectivity index (χ4v) is 3.90. The highest BCUT2D eigenvalue weighted by Gasteiger charge is 2.38. The molecule has 4 rings (SSSR count). The van der Waals surface area contributed by atoms with Gasteiger partial charge < -0.3 is 10.6 Å². The van der Waals surface area contributed by atoms with Crippen LogP contribution in [-0.2, 0) is 9.59 Å². The molecule has 1 aromatic carbocycles. The maximum atomic E-state index is 13.2. The number of hydrogen-bond donors (Lipinski definition) is 2. The van der Waals surface area contributed by atoms with E-state index in [-0.39, 0.29) is 17.6 Å². The molecule has 136 valence electrons. The van der Waals surface area contributed by atoms with Crippen molar-refractivity contribution >= 4 is 17.4 Å². The number of allylic oxidation sites excluding steroid dienone is 3. The van der Waals surface area contributed by atoms with Crippen LogP contribution in [0.1, 0.15) is 37.7 Å². The first-order chi connectivity index (χ1) is 13.1. The number of dihydropyridines is 1. The van der Waals surface area contributed by atoms with Gasteiger partial charge in [0.05, 0.1) is 11.9 Å². The maximum Gasteiger partial charge on any atom is 0.254 e. The van der Waals surface area contributed by atoms with Crippen molar-refractivity contribution in [1.29, 1.82) is 0 Å². The van der Waals surface area contributed by atoms with E-state index in [2.05, 4.69) is 15.6 Å². The number of rotatable bonds is 3. The molecule has 0 saturated carbocycles. The smallest absolute Gasteiger partial charge is 0.254 e. The second kappa shape index (κ2) is 7.19. The average molecular weight is 359 g/mol. The lowest BCUT2D eigenvalue weighted by Gasteiger charge is -2.34. The minimum atomic E-state index is -0.355. The van der Waals surface area contributed by atoms with Gasteiger partial charge in [0.15, 0.2) is 5.78 Å². The highest BCUT2D eigenvalue weighted by Crippen LogP contribution is 2.42. The molecular weight excluding hydrogens is 338 g/mol. The summed E-state index contributed by atoms with van der Waals surface area (Å²) in [5, 5.41) is 6.25. The molecule has 0 unspecified atom stereocenters. The highest BCUT2D eigenvalue weighted by molar-refractivity contribution is 6.09. The summed E-state index contributed by atoms with van der Waals surface area (Å²) in [6.07, 6.45) is 5.47. The molecule has 27 heavy (non-hydrogen) atoms. The van der Waals surface area contributed by atoms with Crippen molar-refractivity contribution in [1.82, 2.24) is 10.3 Å². The summed E-state index contributed by atoms with van der Waals surface area (Å²) < 4.78 is 0. The predicted molar refractivity (Wildman–Crippen MR) is 104 cm³/mol. The van der Waals surface area contributed by atoms with Crippen LogP contribution in [0, 0.1) is 0 Å². The van der Waals surface area contributed by atoms with E-state index < -0.39 is 0 Å². The summed E-state index contributed by atoms with van der Waals surface area (Å²) in [5.74, 6) is -0.449. The van der Waals surface area contributed by atoms with E-state index in [1.54, 1.807) is 24.5 Å². The van der Waals surface area contributed by atoms with E-state index >= 15 is 0 Å². The molecule has 0 radical (unpaired) electrons. The molecular formula is C22H21N3O2. The van der Waals surface area contributed by atoms with E-state index in [1.807, 2.05) is 37.3 Å². The van der Waals surface area contributed by atoms with E-state index in [0.29, 0.717) is 17.7 Å². The Bertz CT molecular complexity index is 946. The van der Waals surface area contributed by atoms with Crippen molar-refractivity contribution in [2.45, 2.75) is 32.1 Å². The molecule has 2 aromatic rings. The van der Waals surface area contributed by atoms with Gasteiger partial charge in [-0.25, -0.2) is 0 Å². The Morgan fingerprint density at radius 1 is 1.15 bits per heavy atom. The number of benzene rings is 1. The van der Waals surface area contributed by atoms with E-state index in [1.165, 1.54) is 0 Å². The number of Topliss-reactive ketones (excluding diaryl/α,β-unsaturated/α-hetero) is 1. The molecule has 0 fully saturated rings. The molecule has 1 aliphatic heterocycles. The number of carbonyl (C=O) groups is 2. The molecule has 2 aliphatic rings. The van der Waals surface area contributed by atoms with Gasteiger partial charge in [0.25, 0.3) is 5.91 Å². The zero-order valence-electron chi connectivity index (χ0n) is 15.2. The van der Waals surface area contributed by atoms with Gasteiger partial charge in [0.2, 0.25) is 0 Å². The Kier molecular flexibility index (Phi) is 4.59. The van der Waals surface area contributed by atoms with Crippen LogP contribution in [0.4, 0.5) is 5.69 Å². The Labute approximate surface area is 158 Å². The lowest BCUT2D eigenvalue weighted by Crippen LogP contribution is -2.35. The van der Waals surface area contributed by atoms with E-state index in [4.69, 9.17) is 0 Å². The van der Waals surface area contributed by atoms with Crippen molar-refractivity contribution < 1.29 is 9.59 Å². The molecule has 5 heteroatoms. The molecule has 0 saturated heterocycles. The van der Waals surface area contributed by atoms with E-state index in [0.717, 1.165) is 35.4 Å². The van der Waals surface area contributed by atoms with Gasteiger partial charge in [-0.05, 0) is 37.5 Å². The largest absolute Gasteiger partial charge is 0.362 e. The predicted octanol–water partition coefficient (Wildman–Crippen LogP) is 3.69. The second-order valence-corrected chi connectivity index (χ2v) is 6.87. The molecule has 2 heterocycles. The topological polar surface area (TPSA) is 71.1 Å². The fraction of sp³-hybridized carbons (Fsp3) is 0.227. The van der Waals surface area contributed by atoms with E-state index in [9.17, 15) is 9.59 Å². The van der Waals surface area contributed by atoms with Crippen LogP contribution in [0.2, 0.25) is 0 Å². The van der Waals surface area contributed by atoms with Gasteiger partial charge in [-0.2, -0.15) is 0 Å². The van der Waals surface area contributed by atoms with Crippen molar-refractivity contribution in [3.63, 3.8) is 0 Å². The Morgan fingerprint density at radius 3 is 2.70 bits per heavy atom. The molecule has 5 nitrogen and oxygen atoms in total. The lowest BCUT2D eigenvalue weighted by molar-refractivity contribution is -0.116. The third-order valence-electron chi connectivity index (χ3n) is 5.07. The molecule has 0 bridgehead atoms.